The van der Waals surface area contributed by atoms with Crippen LogP contribution in [-0.2, 0) is 11.3 Å². The molecule has 0 bridgehead atoms. The molecule has 1 atom stereocenters. The molecular weight excluding hydrogens is 324 g/mol. The number of benzene rings is 1. The zero-order valence-electron chi connectivity index (χ0n) is 14.2. The summed E-state index contributed by atoms with van der Waals surface area (Å²) in [6, 6.07) is 7.71. The Hall–Kier alpha value is -1.85. The van der Waals surface area contributed by atoms with Crippen LogP contribution in [0.1, 0.15) is 24.1 Å². The van der Waals surface area contributed by atoms with E-state index in [9.17, 15) is 4.79 Å². The van der Waals surface area contributed by atoms with E-state index in [1.54, 1.807) is 10.9 Å². The van der Waals surface area contributed by atoms with Crippen LogP contribution in [0.15, 0.2) is 36.7 Å². The van der Waals surface area contributed by atoms with E-state index in [4.69, 9.17) is 11.6 Å². The summed E-state index contributed by atoms with van der Waals surface area (Å²) in [5.41, 5.74) is 2.32. The van der Waals surface area contributed by atoms with Crippen LogP contribution in [-0.4, -0.2) is 51.7 Å². The summed E-state index contributed by atoms with van der Waals surface area (Å²) in [6.45, 7) is 8.09. The topological polar surface area (TPSA) is 41.4 Å². The Bertz CT molecular complexity index is 689. The van der Waals surface area contributed by atoms with E-state index in [1.165, 1.54) is 5.56 Å². The molecule has 0 N–H and O–H groups in total. The summed E-state index contributed by atoms with van der Waals surface area (Å²) >= 11 is 5.93. The van der Waals surface area contributed by atoms with Gasteiger partial charge in [0.25, 0.3) is 0 Å². The van der Waals surface area contributed by atoms with Crippen molar-refractivity contribution < 1.29 is 4.79 Å². The first-order chi connectivity index (χ1) is 11.5. The zero-order valence-corrected chi connectivity index (χ0v) is 14.9. The Morgan fingerprint density at radius 2 is 1.88 bits per heavy atom. The van der Waals surface area contributed by atoms with Gasteiger partial charge in [0, 0.05) is 43.9 Å². The molecule has 1 aromatic heterocycles. The maximum absolute atomic E-state index is 12.6. The largest absolute Gasteiger partial charge is 0.338 e. The van der Waals surface area contributed by atoms with Gasteiger partial charge in [-0.25, -0.2) is 0 Å². The molecule has 1 aliphatic rings. The molecule has 0 spiro atoms. The van der Waals surface area contributed by atoms with Crippen molar-refractivity contribution in [2.75, 3.05) is 26.2 Å². The zero-order chi connectivity index (χ0) is 17.1. The second-order valence-corrected chi connectivity index (χ2v) is 6.84. The third-order valence-electron chi connectivity index (χ3n) is 4.49. The molecule has 0 aliphatic carbocycles. The van der Waals surface area contributed by atoms with Crippen molar-refractivity contribution in [1.29, 1.82) is 0 Å². The molecule has 0 saturated carbocycles. The first-order valence-electron chi connectivity index (χ1n) is 8.29. The van der Waals surface area contributed by atoms with E-state index in [1.807, 2.05) is 37.1 Å². The van der Waals surface area contributed by atoms with E-state index in [2.05, 4.69) is 22.1 Å². The number of hydrogen-bond donors (Lipinski definition) is 0. The molecule has 1 aromatic carbocycles. The van der Waals surface area contributed by atoms with Crippen molar-refractivity contribution in [2.24, 2.45) is 0 Å². The Morgan fingerprint density at radius 1 is 1.21 bits per heavy atom. The summed E-state index contributed by atoms with van der Waals surface area (Å²) in [5.74, 6) is 0.143. The molecule has 2 aromatic rings. The molecule has 1 fully saturated rings. The highest BCUT2D eigenvalue weighted by atomic mass is 35.5. The number of halogens is 1. The van der Waals surface area contributed by atoms with E-state index in [0.717, 1.165) is 43.3 Å². The van der Waals surface area contributed by atoms with Crippen molar-refractivity contribution in [3.8, 4) is 0 Å². The minimum atomic E-state index is -0.249. The molecule has 24 heavy (non-hydrogen) atoms. The van der Waals surface area contributed by atoms with Gasteiger partial charge in [-0.3, -0.25) is 14.4 Å². The highest BCUT2D eigenvalue weighted by Crippen LogP contribution is 2.15. The molecule has 1 unspecified atom stereocenters. The standard InChI is InChI=1S/C18H23ClN4O/c1-14-11-20-23(12-14)15(2)18(24)22-9-7-21(8-10-22)13-16-3-5-17(19)6-4-16/h3-6,11-12,15H,7-10,13H2,1-2H3. The fourth-order valence-electron chi connectivity index (χ4n) is 3.00. The van der Waals surface area contributed by atoms with Crippen LogP contribution in [0, 0.1) is 6.92 Å². The van der Waals surface area contributed by atoms with Crippen molar-refractivity contribution in [2.45, 2.75) is 26.4 Å². The fourth-order valence-corrected chi connectivity index (χ4v) is 3.12. The van der Waals surface area contributed by atoms with Gasteiger partial charge in [0.05, 0.1) is 6.20 Å². The first kappa shape index (κ1) is 17.0. The third kappa shape index (κ3) is 3.97. The lowest BCUT2D eigenvalue weighted by Gasteiger charge is -2.36. The van der Waals surface area contributed by atoms with E-state index in [-0.39, 0.29) is 11.9 Å². The van der Waals surface area contributed by atoms with Gasteiger partial charge in [0.2, 0.25) is 5.91 Å². The fraction of sp³-hybridized carbons (Fsp3) is 0.444. The lowest BCUT2D eigenvalue weighted by atomic mass is 10.2. The first-order valence-corrected chi connectivity index (χ1v) is 8.67. The molecule has 5 nitrogen and oxygen atoms in total. The quantitative estimate of drug-likeness (QED) is 0.854. The summed E-state index contributed by atoms with van der Waals surface area (Å²) in [5, 5.41) is 5.02. The number of aromatic nitrogens is 2. The Balaban J connectivity index is 1.52. The second-order valence-electron chi connectivity index (χ2n) is 6.40. The van der Waals surface area contributed by atoms with Gasteiger partial charge in [-0.1, -0.05) is 23.7 Å². The molecule has 1 saturated heterocycles. The number of nitrogens with zero attached hydrogens (tertiary/aromatic N) is 4. The summed E-state index contributed by atoms with van der Waals surface area (Å²) in [7, 11) is 0. The molecular formula is C18H23ClN4O. The summed E-state index contributed by atoms with van der Waals surface area (Å²) in [4.78, 5) is 17.0. The molecule has 2 heterocycles. The van der Waals surface area contributed by atoms with Gasteiger partial charge in [-0.2, -0.15) is 5.10 Å². The molecule has 1 amide bonds. The van der Waals surface area contributed by atoms with Crippen molar-refractivity contribution in [1.82, 2.24) is 19.6 Å². The van der Waals surface area contributed by atoms with E-state index >= 15 is 0 Å². The van der Waals surface area contributed by atoms with Crippen LogP contribution in [0.5, 0.6) is 0 Å². The van der Waals surface area contributed by atoms with Gasteiger partial charge in [-0.05, 0) is 37.1 Å². The maximum atomic E-state index is 12.6. The second kappa shape index (κ2) is 7.36. The minimum absolute atomic E-state index is 0.143. The molecule has 0 radical (unpaired) electrons. The van der Waals surface area contributed by atoms with Crippen LogP contribution < -0.4 is 0 Å². The average molecular weight is 347 g/mol. The molecule has 1 aliphatic heterocycles. The number of rotatable bonds is 4. The lowest BCUT2D eigenvalue weighted by Crippen LogP contribution is -2.49. The maximum Gasteiger partial charge on any atom is 0.247 e. The number of carbonyl (C=O) groups excluding carboxylic acids is 1. The van der Waals surface area contributed by atoms with Crippen LogP contribution in [0.4, 0.5) is 0 Å². The van der Waals surface area contributed by atoms with Gasteiger partial charge >= 0.3 is 0 Å². The lowest BCUT2D eigenvalue weighted by molar-refractivity contribution is -0.136. The highest BCUT2D eigenvalue weighted by molar-refractivity contribution is 6.30. The number of carbonyl (C=O) groups is 1. The Kier molecular flexibility index (Phi) is 5.21. The number of amides is 1. The SMILES string of the molecule is Cc1cnn(C(C)C(=O)N2CCN(Cc3ccc(Cl)cc3)CC2)c1. The van der Waals surface area contributed by atoms with Gasteiger partial charge in [-0.15, -0.1) is 0 Å². The predicted molar refractivity (Wildman–Crippen MR) is 95.0 cm³/mol. The van der Waals surface area contributed by atoms with Crippen molar-refractivity contribution >= 4 is 17.5 Å². The van der Waals surface area contributed by atoms with Gasteiger partial charge < -0.3 is 4.90 Å². The van der Waals surface area contributed by atoms with Crippen molar-refractivity contribution in [3.05, 3.63) is 52.8 Å². The van der Waals surface area contributed by atoms with E-state index in [0.29, 0.717) is 0 Å². The number of hydrogen-bond acceptors (Lipinski definition) is 3. The number of piperazine rings is 1. The van der Waals surface area contributed by atoms with Crippen LogP contribution in [0.25, 0.3) is 0 Å². The van der Waals surface area contributed by atoms with Crippen LogP contribution in [0.3, 0.4) is 0 Å². The van der Waals surface area contributed by atoms with Crippen molar-refractivity contribution in [3.63, 3.8) is 0 Å². The monoisotopic (exact) mass is 346 g/mol. The summed E-state index contributed by atoms with van der Waals surface area (Å²) < 4.78 is 1.75. The Labute approximate surface area is 147 Å². The van der Waals surface area contributed by atoms with Gasteiger partial charge in [0.15, 0.2) is 0 Å². The van der Waals surface area contributed by atoms with Gasteiger partial charge in [0.1, 0.15) is 6.04 Å². The minimum Gasteiger partial charge on any atom is -0.338 e. The number of aryl methyl sites for hydroxylation is 1. The average Bonchev–Trinajstić information content (AvgIpc) is 3.03. The normalized spacial score (nSPS) is 17.0. The highest BCUT2D eigenvalue weighted by Gasteiger charge is 2.26. The molecule has 6 heteroatoms. The summed E-state index contributed by atoms with van der Waals surface area (Å²) in [6.07, 6.45) is 3.70. The third-order valence-corrected chi connectivity index (χ3v) is 4.74. The Morgan fingerprint density at radius 3 is 2.46 bits per heavy atom. The smallest absolute Gasteiger partial charge is 0.247 e. The predicted octanol–water partition coefficient (Wildman–Crippen LogP) is 2.75. The van der Waals surface area contributed by atoms with Crippen LogP contribution in [0.2, 0.25) is 5.02 Å². The van der Waals surface area contributed by atoms with Crippen LogP contribution >= 0.6 is 11.6 Å². The van der Waals surface area contributed by atoms with E-state index < -0.39 is 0 Å². The molecule has 128 valence electrons. The molecule has 3 rings (SSSR count).